The summed E-state index contributed by atoms with van der Waals surface area (Å²) in [6.07, 6.45) is 3.00. The van der Waals surface area contributed by atoms with Crippen LogP contribution in [-0.2, 0) is 12.8 Å². The van der Waals surface area contributed by atoms with E-state index in [0.717, 1.165) is 11.8 Å². The summed E-state index contributed by atoms with van der Waals surface area (Å²) in [7, 11) is 1.78. The number of ether oxygens (including phenoxy) is 1. The van der Waals surface area contributed by atoms with Crippen molar-refractivity contribution in [3.05, 3.63) is 46.0 Å². The molecule has 1 aromatic carbocycles. The van der Waals surface area contributed by atoms with Crippen LogP contribution in [0.3, 0.4) is 0 Å². The predicted octanol–water partition coefficient (Wildman–Crippen LogP) is 3.63. The van der Waals surface area contributed by atoms with E-state index in [1.165, 1.54) is 6.07 Å². The maximum absolute atomic E-state index is 13.8. The summed E-state index contributed by atoms with van der Waals surface area (Å²) in [6.45, 7) is 0.938. The van der Waals surface area contributed by atoms with E-state index >= 15 is 0 Å². The van der Waals surface area contributed by atoms with E-state index < -0.39 is 11.6 Å². The smallest absolute Gasteiger partial charge is 0.177 e. The Morgan fingerprint density at radius 1 is 1.48 bits per heavy atom. The third-order valence-electron chi connectivity index (χ3n) is 3.89. The van der Waals surface area contributed by atoms with Gasteiger partial charge in [-0.25, -0.2) is 13.2 Å². The van der Waals surface area contributed by atoms with Crippen molar-refractivity contribution in [3.63, 3.8) is 0 Å². The number of nitrogens with one attached hydrogen (secondary N) is 1. The highest BCUT2D eigenvalue weighted by Gasteiger charge is 2.26. The fourth-order valence-corrected chi connectivity index (χ4v) is 3.27. The molecule has 8 heteroatoms. The molecule has 0 aliphatic carbocycles. The standard InChI is InChI=1S/C15H16ClF2N3OS/c1-20(16)3-2-11-7-19-15(23)21(11)12-5-9-4-10(17)6-13(18)14(9)22-8-12/h4,6-7,12H,2-3,5,8H2,1H3,(H,19,23)/t12-/m1/s1. The minimum Gasteiger partial charge on any atom is -0.488 e. The van der Waals surface area contributed by atoms with Crippen LogP contribution in [0, 0.1) is 16.4 Å². The molecule has 3 rings (SSSR count). The predicted molar refractivity (Wildman–Crippen MR) is 86.4 cm³/mol. The van der Waals surface area contributed by atoms with Crippen molar-refractivity contribution < 1.29 is 13.5 Å². The molecule has 2 heterocycles. The lowest BCUT2D eigenvalue weighted by Gasteiger charge is -2.28. The molecule has 1 aliphatic rings. The van der Waals surface area contributed by atoms with Gasteiger partial charge in [0, 0.05) is 50.0 Å². The third kappa shape index (κ3) is 3.41. The van der Waals surface area contributed by atoms with Crippen LogP contribution in [-0.4, -0.2) is 34.2 Å². The van der Waals surface area contributed by atoms with Gasteiger partial charge in [-0.15, -0.1) is 0 Å². The van der Waals surface area contributed by atoms with Crippen LogP contribution in [0.4, 0.5) is 8.78 Å². The van der Waals surface area contributed by atoms with E-state index in [2.05, 4.69) is 4.98 Å². The molecule has 23 heavy (non-hydrogen) atoms. The minimum absolute atomic E-state index is 0.113. The van der Waals surface area contributed by atoms with Crippen molar-refractivity contribution in [2.24, 2.45) is 0 Å². The SMILES string of the molecule is CN(Cl)CCc1c[nH]c(=S)n1[C@H]1COc2c(F)cc(F)cc2C1. The Hall–Kier alpha value is -1.44. The van der Waals surface area contributed by atoms with Crippen LogP contribution in [0.15, 0.2) is 18.3 Å². The third-order valence-corrected chi connectivity index (χ3v) is 4.38. The topological polar surface area (TPSA) is 33.2 Å². The Kier molecular flexibility index (Phi) is 4.70. The first-order valence-corrected chi connectivity index (χ1v) is 7.96. The molecule has 1 atom stereocenters. The number of nitrogens with zero attached hydrogens (tertiary/aromatic N) is 2. The molecule has 0 radical (unpaired) electrons. The number of fused-ring (bicyclic) bond motifs is 1. The van der Waals surface area contributed by atoms with Gasteiger partial charge in [0.05, 0.1) is 6.04 Å². The second-order valence-corrected chi connectivity index (χ2v) is 6.54. The summed E-state index contributed by atoms with van der Waals surface area (Å²) in [6, 6.07) is 2.04. The zero-order valence-corrected chi connectivity index (χ0v) is 14.1. The number of halogens is 3. The van der Waals surface area contributed by atoms with E-state index in [-0.39, 0.29) is 18.4 Å². The van der Waals surface area contributed by atoms with Gasteiger partial charge in [0.25, 0.3) is 0 Å². The fraction of sp³-hybridized carbons (Fsp3) is 0.400. The number of hydrogen-bond donors (Lipinski definition) is 1. The molecule has 0 saturated carbocycles. The number of imidazole rings is 1. The average molecular weight is 360 g/mol. The van der Waals surface area contributed by atoms with Gasteiger partial charge in [-0.2, -0.15) is 0 Å². The highest BCUT2D eigenvalue weighted by Crippen LogP contribution is 2.33. The number of hydrogen-bond acceptors (Lipinski definition) is 3. The number of H-pyrrole nitrogens is 1. The molecule has 0 fully saturated rings. The largest absolute Gasteiger partial charge is 0.488 e. The van der Waals surface area contributed by atoms with Crippen molar-refractivity contribution in [3.8, 4) is 5.75 Å². The van der Waals surface area contributed by atoms with Crippen LogP contribution in [0.25, 0.3) is 0 Å². The van der Waals surface area contributed by atoms with E-state index in [9.17, 15) is 8.78 Å². The van der Waals surface area contributed by atoms with Gasteiger partial charge in [-0.3, -0.25) is 0 Å². The van der Waals surface area contributed by atoms with Crippen molar-refractivity contribution in [1.82, 2.24) is 14.0 Å². The minimum atomic E-state index is -0.667. The van der Waals surface area contributed by atoms with Gasteiger partial charge in [-0.1, -0.05) is 0 Å². The van der Waals surface area contributed by atoms with Crippen LogP contribution in [0.2, 0.25) is 0 Å². The van der Waals surface area contributed by atoms with Crippen LogP contribution in [0.5, 0.6) is 5.75 Å². The molecular formula is C15H16ClF2N3OS. The fourth-order valence-electron chi connectivity index (χ4n) is 2.86. The van der Waals surface area contributed by atoms with Gasteiger partial charge in [0.2, 0.25) is 0 Å². The Balaban J connectivity index is 1.89. The Labute approximate surface area is 142 Å². The molecule has 0 spiro atoms. The van der Waals surface area contributed by atoms with E-state index in [1.807, 2.05) is 10.8 Å². The van der Waals surface area contributed by atoms with Crippen molar-refractivity contribution >= 4 is 24.0 Å². The first kappa shape index (κ1) is 16.4. The molecule has 1 N–H and O–H groups in total. The summed E-state index contributed by atoms with van der Waals surface area (Å²) in [4.78, 5) is 3.02. The zero-order valence-electron chi connectivity index (χ0n) is 12.5. The van der Waals surface area contributed by atoms with Gasteiger partial charge in [0.1, 0.15) is 12.4 Å². The lowest BCUT2D eigenvalue weighted by molar-refractivity contribution is 0.210. The van der Waals surface area contributed by atoms with E-state index in [1.54, 1.807) is 11.5 Å². The first-order chi connectivity index (χ1) is 11.0. The van der Waals surface area contributed by atoms with Gasteiger partial charge in [-0.05, 0) is 30.1 Å². The molecule has 4 nitrogen and oxygen atoms in total. The molecule has 1 aromatic heterocycles. The Morgan fingerprint density at radius 2 is 2.26 bits per heavy atom. The second-order valence-electron chi connectivity index (χ2n) is 5.58. The van der Waals surface area contributed by atoms with Crippen molar-refractivity contribution in [1.29, 1.82) is 0 Å². The van der Waals surface area contributed by atoms with Gasteiger partial charge in [0.15, 0.2) is 16.3 Å². The summed E-state index contributed by atoms with van der Waals surface area (Å²) in [5, 5.41) is 0. The number of rotatable bonds is 4. The molecular weight excluding hydrogens is 344 g/mol. The highest BCUT2D eigenvalue weighted by atomic mass is 35.5. The maximum Gasteiger partial charge on any atom is 0.177 e. The summed E-state index contributed by atoms with van der Waals surface area (Å²) in [5.74, 6) is -1.14. The van der Waals surface area contributed by atoms with Gasteiger partial charge >= 0.3 is 0 Å². The number of likely N-dealkylation sites (N-methyl/N-ethyl adjacent to an activating group) is 1. The quantitative estimate of drug-likeness (QED) is 0.668. The molecule has 0 bridgehead atoms. The van der Waals surface area contributed by atoms with Gasteiger partial charge < -0.3 is 14.3 Å². The molecule has 2 aromatic rings. The summed E-state index contributed by atoms with van der Waals surface area (Å²) >= 11 is 11.2. The monoisotopic (exact) mass is 359 g/mol. The number of aromatic amines is 1. The Bertz CT molecular complexity index is 775. The lowest BCUT2D eigenvalue weighted by Crippen LogP contribution is -2.27. The van der Waals surface area contributed by atoms with Crippen LogP contribution in [0.1, 0.15) is 17.3 Å². The van der Waals surface area contributed by atoms with Crippen LogP contribution >= 0.6 is 24.0 Å². The summed E-state index contributed by atoms with van der Waals surface area (Å²) < 4.78 is 36.8. The number of aromatic nitrogens is 2. The zero-order chi connectivity index (χ0) is 16.6. The second kappa shape index (κ2) is 6.59. The molecule has 124 valence electrons. The Morgan fingerprint density at radius 3 is 3.00 bits per heavy atom. The molecule has 0 unspecified atom stereocenters. The van der Waals surface area contributed by atoms with E-state index in [0.29, 0.717) is 29.7 Å². The lowest BCUT2D eigenvalue weighted by atomic mass is 10.0. The van der Waals surface area contributed by atoms with Crippen molar-refractivity contribution in [2.45, 2.75) is 18.9 Å². The molecule has 0 saturated heterocycles. The summed E-state index contributed by atoms with van der Waals surface area (Å²) in [5.41, 5.74) is 1.50. The van der Waals surface area contributed by atoms with E-state index in [4.69, 9.17) is 28.7 Å². The normalized spacial score (nSPS) is 17.2. The molecule has 0 amide bonds. The molecule has 1 aliphatic heterocycles. The van der Waals surface area contributed by atoms with Crippen LogP contribution < -0.4 is 4.74 Å². The highest BCUT2D eigenvalue weighted by molar-refractivity contribution is 7.71. The maximum atomic E-state index is 13.8. The first-order valence-electron chi connectivity index (χ1n) is 7.22. The number of benzene rings is 1. The average Bonchev–Trinajstić information content (AvgIpc) is 2.85. The van der Waals surface area contributed by atoms with Crippen molar-refractivity contribution in [2.75, 3.05) is 20.2 Å².